The molecule has 2 unspecified atom stereocenters. The number of hydrogen-bond acceptors (Lipinski definition) is 4. The fourth-order valence-corrected chi connectivity index (χ4v) is 2.54. The maximum Gasteiger partial charge on any atom is 0.311 e. The molecule has 1 aliphatic rings. The van der Waals surface area contributed by atoms with E-state index in [-0.39, 0.29) is 11.6 Å². The van der Waals surface area contributed by atoms with Crippen LogP contribution in [0.25, 0.3) is 0 Å². The van der Waals surface area contributed by atoms with Gasteiger partial charge in [0.15, 0.2) is 0 Å². The lowest BCUT2D eigenvalue weighted by Crippen LogP contribution is -2.40. The molecule has 0 aliphatic heterocycles. The van der Waals surface area contributed by atoms with Crippen LogP contribution in [0.15, 0.2) is 18.3 Å². The topological polar surface area (TPSA) is 105 Å². The minimum Gasteiger partial charge on any atom is -0.481 e. The number of nitrogens with zero attached hydrogens (tertiary/aromatic N) is 1. The molecular weight excluding hydrogens is 246 g/mol. The number of amides is 1. The minimum atomic E-state index is -0.841. The van der Waals surface area contributed by atoms with Crippen molar-refractivity contribution in [3.05, 3.63) is 23.9 Å². The van der Waals surface area contributed by atoms with Gasteiger partial charge in [-0.15, -0.1) is 0 Å². The van der Waals surface area contributed by atoms with Crippen LogP contribution in [0.2, 0.25) is 0 Å². The van der Waals surface area contributed by atoms with Crippen molar-refractivity contribution in [2.75, 3.05) is 5.32 Å². The molecule has 0 bridgehead atoms. The zero-order valence-electron chi connectivity index (χ0n) is 10.7. The number of nitrogens with two attached hydrogens (primary N) is 1. The summed E-state index contributed by atoms with van der Waals surface area (Å²) in [6.07, 6.45) is 3.72. The van der Waals surface area contributed by atoms with Crippen molar-refractivity contribution in [2.24, 2.45) is 11.1 Å². The van der Waals surface area contributed by atoms with Gasteiger partial charge < -0.3 is 16.2 Å². The van der Waals surface area contributed by atoms with E-state index in [9.17, 15) is 14.7 Å². The molecule has 0 spiro atoms. The third-order valence-corrected chi connectivity index (χ3v) is 3.83. The maximum atomic E-state index is 11.4. The van der Waals surface area contributed by atoms with E-state index in [0.717, 1.165) is 12.8 Å². The van der Waals surface area contributed by atoms with Gasteiger partial charge >= 0.3 is 5.97 Å². The molecule has 1 amide bonds. The summed E-state index contributed by atoms with van der Waals surface area (Å²) in [6, 6.07) is 2.94. The van der Waals surface area contributed by atoms with Crippen LogP contribution in [0.1, 0.15) is 36.5 Å². The summed E-state index contributed by atoms with van der Waals surface area (Å²) in [4.78, 5) is 26.8. The second kappa shape index (κ2) is 4.87. The number of nitrogens with one attached hydrogen (secondary N) is 1. The standard InChI is InChI=1S/C13H17N3O3/c1-13(12(18)19)6-2-5-9(13)16-11-8(10(14)17)4-3-7-15-11/h3-4,7,9H,2,5-6H2,1H3,(H2,14,17)(H,15,16)(H,18,19). The number of rotatable bonds is 4. The molecule has 6 nitrogen and oxygen atoms in total. The number of hydrogen-bond donors (Lipinski definition) is 3. The highest BCUT2D eigenvalue weighted by molar-refractivity contribution is 5.97. The fourth-order valence-electron chi connectivity index (χ4n) is 2.54. The lowest BCUT2D eigenvalue weighted by Gasteiger charge is -2.28. The number of carboxylic acids is 1. The highest BCUT2D eigenvalue weighted by Crippen LogP contribution is 2.39. The third-order valence-electron chi connectivity index (χ3n) is 3.83. The maximum absolute atomic E-state index is 11.4. The van der Waals surface area contributed by atoms with Gasteiger partial charge in [-0.1, -0.05) is 6.42 Å². The predicted molar refractivity (Wildman–Crippen MR) is 69.8 cm³/mol. The zero-order chi connectivity index (χ0) is 14.0. The first-order valence-electron chi connectivity index (χ1n) is 6.20. The Labute approximate surface area is 111 Å². The normalized spacial score (nSPS) is 26.1. The summed E-state index contributed by atoms with van der Waals surface area (Å²) in [5.74, 6) is -1.06. The molecule has 0 radical (unpaired) electrons. The first kappa shape index (κ1) is 13.3. The number of carboxylic acid groups (broad SMARTS) is 1. The predicted octanol–water partition coefficient (Wildman–Crippen LogP) is 1.24. The second-order valence-corrected chi connectivity index (χ2v) is 5.08. The Hall–Kier alpha value is -2.11. The van der Waals surface area contributed by atoms with Crippen molar-refractivity contribution < 1.29 is 14.7 Å². The van der Waals surface area contributed by atoms with Gasteiger partial charge in [0.05, 0.1) is 11.0 Å². The molecule has 1 saturated carbocycles. The lowest BCUT2D eigenvalue weighted by molar-refractivity contribution is -0.147. The number of carbonyl (C=O) groups is 2. The minimum absolute atomic E-state index is 0.252. The van der Waals surface area contributed by atoms with Crippen molar-refractivity contribution in [1.29, 1.82) is 0 Å². The van der Waals surface area contributed by atoms with Crippen LogP contribution in [0.3, 0.4) is 0 Å². The van der Waals surface area contributed by atoms with E-state index in [2.05, 4.69) is 10.3 Å². The number of primary amides is 1. The summed E-state index contributed by atoms with van der Waals surface area (Å²) in [7, 11) is 0. The van der Waals surface area contributed by atoms with Crippen LogP contribution < -0.4 is 11.1 Å². The number of pyridine rings is 1. The van der Waals surface area contributed by atoms with E-state index in [4.69, 9.17) is 5.73 Å². The van der Waals surface area contributed by atoms with Gasteiger partial charge in [-0.2, -0.15) is 0 Å². The van der Waals surface area contributed by atoms with Crippen LogP contribution >= 0.6 is 0 Å². The Bertz CT molecular complexity index is 518. The van der Waals surface area contributed by atoms with Gasteiger partial charge in [0.25, 0.3) is 5.91 Å². The second-order valence-electron chi connectivity index (χ2n) is 5.08. The van der Waals surface area contributed by atoms with Crippen LogP contribution in [-0.2, 0) is 4.79 Å². The summed E-state index contributed by atoms with van der Waals surface area (Å²) in [6.45, 7) is 1.72. The van der Waals surface area contributed by atoms with E-state index < -0.39 is 17.3 Å². The van der Waals surface area contributed by atoms with Gasteiger partial charge in [0, 0.05) is 12.2 Å². The van der Waals surface area contributed by atoms with Crippen LogP contribution in [0.4, 0.5) is 5.82 Å². The lowest BCUT2D eigenvalue weighted by atomic mass is 9.85. The average Bonchev–Trinajstić information content (AvgIpc) is 2.73. The zero-order valence-corrected chi connectivity index (χ0v) is 10.7. The van der Waals surface area contributed by atoms with Gasteiger partial charge in [-0.3, -0.25) is 9.59 Å². The molecule has 0 aromatic carbocycles. The molecule has 1 fully saturated rings. The van der Waals surface area contributed by atoms with Gasteiger partial charge in [0.1, 0.15) is 5.82 Å². The van der Waals surface area contributed by atoms with Crippen molar-refractivity contribution in [2.45, 2.75) is 32.2 Å². The highest BCUT2D eigenvalue weighted by atomic mass is 16.4. The molecule has 2 atom stereocenters. The van der Waals surface area contributed by atoms with Crippen molar-refractivity contribution >= 4 is 17.7 Å². The van der Waals surface area contributed by atoms with Crippen LogP contribution in [0, 0.1) is 5.41 Å². The van der Waals surface area contributed by atoms with Gasteiger partial charge in [0.2, 0.25) is 0 Å². The SMILES string of the molecule is CC1(C(=O)O)CCCC1Nc1ncccc1C(N)=O. The summed E-state index contributed by atoms with van der Waals surface area (Å²) < 4.78 is 0. The Balaban J connectivity index is 2.27. The Kier molecular flexibility index (Phi) is 3.42. The van der Waals surface area contributed by atoms with Crippen LogP contribution in [-0.4, -0.2) is 28.0 Å². The molecule has 4 N–H and O–H groups in total. The van der Waals surface area contributed by atoms with Gasteiger partial charge in [-0.05, 0) is 31.9 Å². The molecule has 1 aromatic heterocycles. The summed E-state index contributed by atoms with van der Waals surface area (Å²) in [5.41, 5.74) is 4.72. The van der Waals surface area contributed by atoms with E-state index >= 15 is 0 Å². The Morgan fingerprint density at radius 2 is 2.32 bits per heavy atom. The fraction of sp³-hybridized carbons (Fsp3) is 0.462. The van der Waals surface area contributed by atoms with E-state index in [1.165, 1.54) is 0 Å². The number of aliphatic carboxylic acids is 1. The molecule has 2 rings (SSSR count). The van der Waals surface area contributed by atoms with Crippen molar-refractivity contribution in [3.63, 3.8) is 0 Å². The number of carbonyl (C=O) groups excluding carboxylic acids is 1. The monoisotopic (exact) mass is 263 g/mol. The highest BCUT2D eigenvalue weighted by Gasteiger charge is 2.45. The van der Waals surface area contributed by atoms with E-state index in [0.29, 0.717) is 12.2 Å². The third kappa shape index (κ3) is 2.38. The van der Waals surface area contributed by atoms with Crippen LogP contribution in [0.5, 0.6) is 0 Å². The molecule has 1 heterocycles. The first-order chi connectivity index (χ1) is 8.95. The molecule has 19 heavy (non-hydrogen) atoms. The Morgan fingerprint density at radius 3 is 2.95 bits per heavy atom. The molecule has 102 valence electrons. The molecule has 1 aromatic rings. The number of anilines is 1. The first-order valence-corrected chi connectivity index (χ1v) is 6.20. The van der Waals surface area contributed by atoms with Crippen molar-refractivity contribution in [1.82, 2.24) is 4.98 Å². The molecular formula is C13H17N3O3. The van der Waals surface area contributed by atoms with Crippen molar-refractivity contribution in [3.8, 4) is 0 Å². The summed E-state index contributed by atoms with van der Waals surface area (Å²) >= 11 is 0. The quantitative estimate of drug-likeness (QED) is 0.757. The largest absolute Gasteiger partial charge is 0.481 e. The van der Waals surface area contributed by atoms with E-state index in [1.807, 2.05) is 0 Å². The smallest absolute Gasteiger partial charge is 0.311 e. The molecule has 1 aliphatic carbocycles. The molecule has 6 heteroatoms. The average molecular weight is 263 g/mol. The summed E-state index contributed by atoms with van der Waals surface area (Å²) in [5, 5.41) is 12.4. The van der Waals surface area contributed by atoms with E-state index in [1.54, 1.807) is 25.3 Å². The molecule has 0 saturated heterocycles. The Morgan fingerprint density at radius 1 is 1.58 bits per heavy atom. The van der Waals surface area contributed by atoms with Gasteiger partial charge in [-0.25, -0.2) is 4.98 Å². The number of aromatic nitrogens is 1.